The van der Waals surface area contributed by atoms with Gasteiger partial charge in [0.2, 0.25) is 0 Å². The predicted molar refractivity (Wildman–Crippen MR) is 85.3 cm³/mol. The van der Waals surface area contributed by atoms with E-state index in [0.29, 0.717) is 21.4 Å². The maximum absolute atomic E-state index is 11.8. The highest BCUT2D eigenvalue weighted by Gasteiger charge is 2.11. The van der Waals surface area contributed by atoms with Crippen LogP contribution in [0.3, 0.4) is 0 Å². The van der Waals surface area contributed by atoms with Crippen molar-refractivity contribution < 1.29 is 0 Å². The van der Waals surface area contributed by atoms with E-state index in [0.717, 1.165) is 5.56 Å². The van der Waals surface area contributed by atoms with Crippen LogP contribution in [0.25, 0.3) is 11.3 Å². The maximum atomic E-state index is 11.8. The number of azo groups is 1. The minimum Gasteiger partial charge on any atom is -0.295 e. The van der Waals surface area contributed by atoms with Gasteiger partial charge in [0, 0.05) is 18.0 Å². The summed E-state index contributed by atoms with van der Waals surface area (Å²) in [6, 6.07) is 8.41. The summed E-state index contributed by atoms with van der Waals surface area (Å²) < 4.78 is 0. The molecule has 6 nitrogen and oxygen atoms in total. The van der Waals surface area contributed by atoms with Crippen LogP contribution in [0.15, 0.2) is 57.7 Å². The van der Waals surface area contributed by atoms with Gasteiger partial charge >= 0.3 is 0 Å². The average Bonchev–Trinajstić information content (AvgIpc) is 2.90. The van der Waals surface area contributed by atoms with Crippen molar-refractivity contribution in [2.45, 2.75) is 0 Å². The van der Waals surface area contributed by atoms with Crippen molar-refractivity contribution in [1.29, 1.82) is 0 Å². The van der Waals surface area contributed by atoms with Crippen molar-refractivity contribution >= 4 is 34.6 Å². The molecule has 0 radical (unpaired) electrons. The molecule has 3 rings (SSSR count). The third-order valence-electron chi connectivity index (χ3n) is 2.87. The molecule has 0 amide bonds. The SMILES string of the molecule is O=c1[nH][nH]c(-c2cccnc2)c1N=Nc1ccc(Cl)c(Cl)c1. The van der Waals surface area contributed by atoms with E-state index in [1.54, 1.807) is 36.7 Å². The minimum atomic E-state index is -0.373. The highest BCUT2D eigenvalue weighted by molar-refractivity contribution is 6.42. The second kappa shape index (κ2) is 6.13. The normalized spacial score (nSPS) is 11.2. The Morgan fingerprint density at radius 3 is 2.64 bits per heavy atom. The quantitative estimate of drug-likeness (QED) is 0.692. The van der Waals surface area contributed by atoms with E-state index in [1.807, 2.05) is 6.07 Å². The van der Waals surface area contributed by atoms with Gasteiger partial charge in [0.25, 0.3) is 5.56 Å². The number of aromatic amines is 2. The first-order chi connectivity index (χ1) is 10.6. The molecular weight excluding hydrogens is 325 g/mol. The number of H-pyrrole nitrogens is 2. The maximum Gasteiger partial charge on any atom is 0.292 e. The molecule has 0 saturated carbocycles. The Morgan fingerprint density at radius 1 is 1.05 bits per heavy atom. The van der Waals surface area contributed by atoms with Gasteiger partial charge in [-0.25, -0.2) is 0 Å². The second-order valence-electron chi connectivity index (χ2n) is 4.34. The molecular formula is C14H9Cl2N5O. The summed E-state index contributed by atoms with van der Waals surface area (Å²) in [6.07, 6.45) is 3.27. The van der Waals surface area contributed by atoms with E-state index < -0.39 is 0 Å². The van der Waals surface area contributed by atoms with Crippen LogP contribution >= 0.6 is 23.2 Å². The molecule has 0 fully saturated rings. The first-order valence-corrected chi connectivity index (χ1v) is 6.98. The molecule has 3 aromatic rings. The molecule has 0 aliphatic carbocycles. The lowest BCUT2D eigenvalue weighted by Crippen LogP contribution is -1.96. The van der Waals surface area contributed by atoms with Gasteiger partial charge in [0.05, 0.1) is 21.4 Å². The monoisotopic (exact) mass is 333 g/mol. The van der Waals surface area contributed by atoms with Crippen molar-refractivity contribution in [3.05, 3.63) is 63.1 Å². The molecule has 0 bridgehead atoms. The number of halogens is 2. The molecule has 0 unspecified atom stereocenters. The smallest absolute Gasteiger partial charge is 0.292 e. The van der Waals surface area contributed by atoms with Crippen LogP contribution < -0.4 is 5.56 Å². The van der Waals surface area contributed by atoms with Gasteiger partial charge in [-0.2, -0.15) is 5.11 Å². The van der Waals surface area contributed by atoms with Crippen molar-refractivity contribution in [2.75, 3.05) is 0 Å². The van der Waals surface area contributed by atoms with E-state index >= 15 is 0 Å². The number of rotatable bonds is 3. The first-order valence-electron chi connectivity index (χ1n) is 6.23. The van der Waals surface area contributed by atoms with Crippen molar-refractivity contribution in [2.24, 2.45) is 10.2 Å². The van der Waals surface area contributed by atoms with Gasteiger partial charge in [-0.3, -0.25) is 20.0 Å². The van der Waals surface area contributed by atoms with E-state index in [1.165, 1.54) is 0 Å². The summed E-state index contributed by atoms with van der Waals surface area (Å²) in [6.45, 7) is 0. The highest BCUT2D eigenvalue weighted by Crippen LogP contribution is 2.29. The molecule has 0 spiro atoms. The topological polar surface area (TPSA) is 86.3 Å². The van der Waals surface area contributed by atoms with Crippen LogP contribution in [0.4, 0.5) is 11.4 Å². The predicted octanol–water partition coefficient (Wildman–Crippen LogP) is 4.49. The number of aromatic nitrogens is 3. The molecule has 0 saturated heterocycles. The zero-order chi connectivity index (χ0) is 15.5. The third kappa shape index (κ3) is 2.93. The summed E-state index contributed by atoms with van der Waals surface area (Å²) in [5.41, 5.74) is 1.53. The number of benzene rings is 1. The standard InChI is InChI=1S/C14H9Cl2N5O/c15-10-4-3-9(6-11(10)16)18-20-13-12(19-21-14(13)22)8-2-1-5-17-7-8/h1-7H,(H2,19,21,22). The van der Waals surface area contributed by atoms with Crippen molar-refractivity contribution in [1.82, 2.24) is 15.2 Å². The lowest BCUT2D eigenvalue weighted by Gasteiger charge is -1.98. The van der Waals surface area contributed by atoms with E-state index in [4.69, 9.17) is 23.2 Å². The Labute approximate surface area is 134 Å². The number of hydrogen-bond donors (Lipinski definition) is 2. The summed E-state index contributed by atoms with van der Waals surface area (Å²) in [7, 11) is 0. The number of nitrogens with zero attached hydrogens (tertiary/aromatic N) is 3. The zero-order valence-corrected chi connectivity index (χ0v) is 12.6. The van der Waals surface area contributed by atoms with Crippen LogP contribution in [-0.4, -0.2) is 15.2 Å². The summed E-state index contributed by atoms with van der Waals surface area (Å²) in [4.78, 5) is 15.9. The largest absolute Gasteiger partial charge is 0.295 e. The molecule has 110 valence electrons. The molecule has 0 aliphatic heterocycles. The zero-order valence-electron chi connectivity index (χ0n) is 11.0. The lowest BCUT2D eigenvalue weighted by molar-refractivity contribution is 1.06. The third-order valence-corrected chi connectivity index (χ3v) is 3.61. The molecule has 2 aromatic heterocycles. The Kier molecular flexibility index (Phi) is 4.04. The van der Waals surface area contributed by atoms with E-state index in [9.17, 15) is 4.79 Å². The Hall–Kier alpha value is -2.44. The lowest BCUT2D eigenvalue weighted by atomic mass is 10.2. The molecule has 2 N–H and O–H groups in total. The van der Waals surface area contributed by atoms with Crippen LogP contribution in [0.1, 0.15) is 0 Å². The number of hydrogen-bond acceptors (Lipinski definition) is 4. The Balaban J connectivity index is 1.99. The highest BCUT2D eigenvalue weighted by atomic mass is 35.5. The minimum absolute atomic E-state index is 0.166. The molecule has 0 aliphatic rings. The number of nitrogens with one attached hydrogen (secondary N) is 2. The summed E-state index contributed by atoms with van der Waals surface area (Å²) >= 11 is 11.8. The molecule has 1 aromatic carbocycles. The molecule has 2 heterocycles. The second-order valence-corrected chi connectivity index (χ2v) is 5.16. The van der Waals surface area contributed by atoms with Gasteiger partial charge in [-0.15, -0.1) is 5.11 Å². The van der Waals surface area contributed by atoms with Gasteiger partial charge in [0.15, 0.2) is 5.69 Å². The van der Waals surface area contributed by atoms with E-state index in [2.05, 4.69) is 25.4 Å². The van der Waals surface area contributed by atoms with Crippen molar-refractivity contribution in [3.63, 3.8) is 0 Å². The fourth-order valence-corrected chi connectivity index (χ4v) is 2.11. The van der Waals surface area contributed by atoms with Gasteiger partial charge in [-0.05, 0) is 30.3 Å². The van der Waals surface area contributed by atoms with Gasteiger partial charge in [-0.1, -0.05) is 23.2 Å². The van der Waals surface area contributed by atoms with Crippen LogP contribution in [-0.2, 0) is 0 Å². The molecule has 0 atom stereocenters. The van der Waals surface area contributed by atoms with E-state index in [-0.39, 0.29) is 11.2 Å². The van der Waals surface area contributed by atoms with Crippen molar-refractivity contribution in [3.8, 4) is 11.3 Å². The van der Waals surface area contributed by atoms with Crippen LogP contribution in [0.5, 0.6) is 0 Å². The average molecular weight is 334 g/mol. The van der Waals surface area contributed by atoms with Crippen LogP contribution in [0, 0.1) is 0 Å². The van der Waals surface area contributed by atoms with Gasteiger partial charge in [0.1, 0.15) is 0 Å². The Bertz CT molecular complexity index is 886. The molecule has 8 heteroatoms. The first kappa shape index (κ1) is 14.5. The van der Waals surface area contributed by atoms with Crippen LogP contribution in [0.2, 0.25) is 10.0 Å². The number of pyridine rings is 1. The summed E-state index contributed by atoms with van der Waals surface area (Å²) in [5.74, 6) is 0. The fraction of sp³-hybridized carbons (Fsp3) is 0. The Morgan fingerprint density at radius 2 is 1.91 bits per heavy atom. The summed E-state index contributed by atoms with van der Waals surface area (Å²) in [5, 5.41) is 14.1. The van der Waals surface area contributed by atoms with Gasteiger partial charge < -0.3 is 0 Å². The molecule has 22 heavy (non-hydrogen) atoms. The fourth-order valence-electron chi connectivity index (χ4n) is 1.82.